The Kier molecular flexibility index (Phi) is 3.26. The van der Waals surface area contributed by atoms with Gasteiger partial charge in [0.2, 0.25) is 0 Å². The van der Waals surface area contributed by atoms with Crippen LogP contribution in [-0.2, 0) is 6.54 Å². The monoisotopic (exact) mass is 264 g/mol. The Bertz CT molecular complexity index is 656. The van der Waals surface area contributed by atoms with Crippen LogP contribution in [0.15, 0.2) is 42.7 Å². The molecular weight excluding hydrogens is 248 g/mol. The van der Waals surface area contributed by atoms with E-state index in [4.69, 9.17) is 5.73 Å². The second-order valence-corrected chi connectivity index (χ2v) is 5.06. The molecule has 0 radical (unpaired) electrons. The van der Waals surface area contributed by atoms with Crippen LogP contribution in [0.4, 0.5) is 11.4 Å². The summed E-state index contributed by atoms with van der Waals surface area (Å²) in [6, 6.07) is 12.4. The smallest absolute Gasteiger partial charge is 0.101 e. The van der Waals surface area contributed by atoms with E-state index < -0.39 is 0 Å². The van der Waals surface area contributed by atoms with Gasteiger partial charge in [0.15, 0.2) is 0 Å². The molecule has 0 atom stereocenters. The van der Waals surface area contributed by atoms with E-state index in [-0.39, 0.29) is 0 Å². The Labute approximate surface area is 118 Å². The highest BCUT2D eigenvalue weighted by molar-refractivity contribution is 5.60. The summed E-state index contributed by atoms with van der Waals surface area (Å²) in [5.74, 6) is 0. The number of nitrogen functional groups attached to an aromatic ring is 1. The lowest BCUT2D eigenvalue weighted by atomic mass is 10.1. The van der Waals surface area contributed by atoms with Gasteiger partial charge in [-0.15, -0.1) is 0 Å². The van der Waals surface area contributed by atoms with Crippen molar-refractivity contribution in [1.82, 2.24) is 4.98 Å². The number of para-hydroxylation sites is 1. The number of nitrogens with zero attached hydrogens (tertiary/aromatic N) is 3. The van der Waals surface area contributed by atoms with Gasteiger partial charge in [0.05, 0.1) is 17.4 Å². The first-order valence-corrected chi connectivity index (χ1v) is 6.73. The Morgan fingerprint density at radius 1 is 1.30 bits per heavy atom. The summed E-state index contributed by atoms with van der Waals surface area (Å²) in [6.07, 6.45) is 5.75. The number of nitriles is 1. The van der Waals surface area contributed by atoms with Gasteiger partial charge in [-0.25, -0.2) is 0 Å². The van der Waals surface area contributed by atoms with Crippen molar-refractivity contribution >= 4 is 11.4 Å². The maximum atomic E-state index is 9.26. The predicted octanol–water partition coefficient (Wildman–Crippen LogP) is 2.70. The highest BCUT2D eigenvalue weighted by atomic mass is 15.2. The Balaban J connectivity index is 1.94. The number of benzene rings is 1. The minimum atomic E-state index is 0.492. The van der Waals surface area contributed by atoms with Crippen LogP contribution in [0.2, 0.25) is 0 Å². The zero-order valence-electron chi connectivity index (χ0n) is 11.2. The van der Waals surface area contributed by atoms with Crippen LogP contribution in [0.1, 0.15) is 24.0 Å². The van der Waals surface area contributed by atoms with Gasteiger partial charge in [0.25, 0.3) is 0 Å². The number of pyridine rings is 1. The Morgan fingerprint density at radius 2 is 2.10 bits per heavy atom. The third-order valence-corrected chi connectivity index (χ3v) is 3.61. The molecule has 0 spiro atoms. The molecule has 100 valence electrons. The fourth-order valence-corrected chi connectivity index (χ4v) is 2.37. The van der Waals surface area contributed by atoms with Gasteiger partial charge in [-0.05, 0) is 30.5 Å². The van der Waals surface area contributed by atoms with Crippen molar-refractivity contribution < 1.29 is 0 Å². The van der Waals surface area contributed by atoms with Crippen molar-refractivity contribution in [3.05, 3.63) is 53.9 Å². The predicted molar refractivity (Wildman–Crippen MR) is 79.0 cm³/mol. The molecule has 1 aliphatic carbocycles. The van der Waals surface area contributed by atoms with Crippen molar-refractivity contribution in [2.24, 2.45) is 0 Å². The molecule has 3 rings (SSSR count). The van der Waals surface area contributed by atoms with Gasteiger partial charge in [-0.3, -0.25) is 4.98 Å². The fourth-order valence-electron chi connectivity index (χ4n) is 2.37. The zero-order valence-corrected chi connectivity index (χ0v) is 11.2. The van der Waals surface area contributed by atoms with Crippen molar-refractivity contribution in [3.8, 4) is 6.07 Å². The van der Waals surface area contributed by atoms with Gasteiger partial charge in [0.1, 0.15) is 6.07 Å². The molecule has 1 aliphatic rings. The average Bonchev–Trinajstić information content (AvgIpc) is 3.31. The third kappa shape index (κ3) is 2.43. The van der Waals surface area contributed by atoms with Gasteiger partial charge in [0, 0.05) is 24.5 Å². The van der Waals surface area contributed by atoms with E-state index in [1.54, 1.807) is 18.5 Å². The van der Waals surface area contributed by atoms with E-state index in [9.17, 15) is 5.26 Å². The normalized spacial score (nSPS) is 13.8. The molecular formula is C16H16N4. The highest BCUT2D eigenvalue weighted by Gasteiger charge is 2.31. The molecule has 0 saturated heterocycles. The summed E-state index contributed by atoms with van der Waals surface area (Å²) in [4.78, 5) is 6.41. The number of aromatic nitrogens is 1. The van der Waals surface area contributed by atoms with Gasteiger partial charge >= 0.3 is 0 Å². The van der Waals surface area contributed by atoms with Crippen molar-refractivity contribution in [2.45, 2.75) is 25.4 Å². The second kappa shape index (κ2) is 5.22. The lowest BCUT2D eigenvalue weighted by Crippen LogP contribution is -2.26. The summed E-state index contributed by atoms with van der Waals surface area (Å²) in [5.41, 5.74) is 9.48. The number of rotatable bonds is 4. The summed E-state index contributed by atoms with van der Waals surface area (Å²) < 4.78 is 0. The second-order valence-electron chi connectivity index (χ2n) is 5.06. The standard InChI is InChI=1S/C16H16N4/c17-9-12-7-8-19-10-16(12)20(14-5-6-14)11-13-3-1-2-4-15(13)18/h1-4,7-8,10,14H,5-6,11,18H2. The maximum absolute atomic E-state index is 9.26. The molecule has 2 N–H and O–H groups in total. The molecule has 0 unspecified atom stereocenters. The van der Waals surface area contributed by atoms with E-state index in [1.165, 1.54) is 0 Å². The molecule has 4 heteroatoms. The van der Waals surface area contributed by atoms with Crippen molar-refractivity contribution in [2.75, 3.05) is 10.6 Å². The van der Waals surface area contributed by atoms with Crippen molar-refractivity contribution in [3.63, 3.8) is 0 Å². The summed E-state index contributed by atoms with van der Waals surface area (Å²) in [7, 11) is 0. The fraction of sp³-hybridized carbons (Fsp3) is 0.250. The first-order chi connectivity index (χ1) is 9.79. The molecule has 0 amide bonds. The van der Waals surface area contributed by atoms with Gasteiger partial charge in [-0.1, -0.05) is 18.2 Å². The molecule has 1 aromatic heterocycles. The van der Waals surface area contributed by atoms with Crippen LogP contribution in [0.25, 0.3) is 0 Å². The van der Waals surface area contributed by atoms with E-state index >= 15 is 0 Å². The van der Waals surface area contributed by atoms with Gasteiger partial charge in [-0.2, -0.15) is 5.26 Å². The zero-order chi connectivity index (χ0) is 13.9. The first kappa shape index (κ1) is 12.5. The highest BCUT2D eigenvalue weighted by Crippen LogP contribution is 2.34. The maximum Gasteiger partial charge on any atom is 0.101 e. The Hall–Kier alpha value is -2.54. The van der Waals surface area contributed by atoms with E-state index in [0.29, 0.717) is 11.6 Å². The summed E-state index contributed by atoms with van der Waals surface area (Å²) >= 11 is 0. The lowest BCUT2D eigenvalue weighted by molar-refractivity contribution is 0.791. The first-order valence-electron chi connectivity index (χ1n) is 6.73. The summed E-state index contributed by atoms with van der Waals surface area (Å²) in [5, 5.41) is 9.26. The van der Waals surface area contributed by atoms with E-state index in [0.717, 1.165) is 36.3 Å². The quantitative estimate of drug-likeness (QED) is 0.862. The van der Waals surface area contributed by atoms with E-state index in [2.05, 4.69) is 16.0 Å². The third-order valence-electron chi connectivity index (χ3n) is 3.61. The van der Waals surface area contributed by atoms with Crippen LogP contribution in [-0.4, -0.2) is 11.0 Å². The Morgan fingerprint density at radius 3 is 2.80 bits per heavy atom. The minimum Gasteiger partial charge on any atom is -0.398 e. The van der Waals surface area contributed by atoms with Crippen molar-refractivity contribution in [1.29, 1.82) is 5.26 Å². The largest absolute Gasteiger partial charge is 0.398 e. The molecule has 1 aromatic carbocycles. The summed E-state index contributed by atoms with van der Waals surface area (Å²) in [6.45, 7) is 0.720. The number of hydrogen-bond donors (Lipinski definition) is 1. The van der Waals surface area contributed by atoms with Crippen LogP contribution in [0, 0.1) is 11.3 Å². The van der Waals surface area contributed by atoms with Gasteiger partial charge < -0.3 is 10.6 Å². The minimum absolute atomic E-state index is 0.492. The molecule has 20 heavy (non-hydrogen) atoms. The number of hydrogen-bond acceptors (Lipinski definition) is 4. The lowest BCUT2D eigenvalue weighted by Gasteiger charge is -2.26. The number of nitrogens with two attached hydrogens (primary N) is 1. The molecule has 2 aromatic rings. The average molecular weight is 264 g/mol. The van der Waals surface area contributed by atoms with E-state index in [1.807, 2.05) is 24.3 Å². The molecule has 4 nitrogen and oxygen atoms in total. The van der Waals surface area contributed by atoms with Crippen LogP contribution in [0.3, 0.4) is 0 Å². The molecule has 1 fully saturated rings. The molecule has 1 heterocycles. The molecule has 0 bridgehead atoms. The molecule has 0 aliphatic heterocycles. The van der Waals surface area contributed by atoms with Crippen LogP contribution >= 0.6 is 0 Å². The van der Waals surface area contributed by atoms with Crippen LogP contribution < -0.4 is 10.6 Å². The number of anilines is 2. The topological polar surface area (TPSA) is 65.9 Å². The SMILES string of the molecule is N#Cc1ccncc1N(Cc1ccccc1N)C1CC1. The van der Waals surface area contributed by atoms with Crippen LogP contribution in [0.5, 0.6) is 0 Å². The molecule has 1 saturated carbocycles.